The molecule has 13 rings (SSSR count). The van der Waals surface area contributed by atoms with Crippen LogP contribution in [0.5, 0.6) is 0 Å². The zero-order chi connectivity index (χ0) is 41.1. The number of furan rings is 1. The van der Waals surface area contributed by atoms with E-state index < -0.39 is 0 Å². The van der Waals surface area contributed by atoms with Gasteiger partial charge in [-0.1, -0.05) is 178 Å². The zero-order valence-corrected chi connectivity index (χ0v) is 34.1. The van der Waals surface area contributed by atoms with Crippen LogP contribution in [0.4, 0.5) is 0 Å². The Hall–Kier alpha value is -7.95. The molecule has 4 heteroatoms. The van der Waals surface area contributed by atoms with Gasteiger partial charge in [0.05, 0.1) is 0 Å². The van der Waals surface area contributed by atoms with Gasteiger partial charge in [0.2, 0.25) is 0 Å². The number of hydrogen-bond acceptors (Lipinski definition) is 4. The van der Waals surface area contributed by atoms with Gasteiger partial charge in [0.25, 0.3) is 0 Å². The van der Waals surface area contributed by atoms with Gasteiger partial charge in [-0.05, 0) is 101 Å². The Morgan fingerprint density at radius 2 is 0.919 bits per heavy atom. The monoisotopic (exact) mass is 791 g/mol. The summed E-state index contributed by atoms with van der Waals surface area (Å²) < 4.78 is 6.70. The summed E-state index contributed by atoms with van der Waals surface area (Å²) >= 11 is 0. The van der Waals surface area contributed by atoms with Crippen LogP contribution in [-0.4, -0.2) is 15.0 Å². The van der Waals surface area contributed by atoms with Crippen LogP contribution < -0.4 is 0 Å². The van der Waals surface area contributed by atoms with E-state index in [0.717, 1.165) is 55.1 Å². The molecule has 0 atom stereocenters. The van der Waals surface area contributed by atoms with Crippen LogP contribution in [0.25, 0.3) is 121 Å². The first-order valence-electron chi connectivity index (χ1n) is 21.3. The summed E-state index contributed by atoms with van der Waals surface area (Å²) in [6, 6.07) is 67.2. The van der Waals surface area contributed by atoms with E-state index in [1.165, 1.54) is 60.0 Å². The fourth-order valence-corrected chi connectivity index (χ4v) is 10.2. The number of benzene rings is 10. The molecule has 0 bridgehead atoms. The second-order valence-electron chi connectivity index (χ2n) is 17.1. The lowest BCUT2D eigenvalue weighted by Crippen LogP contribution is -2.14. The van der Waals surface area contributed by atoms with Crippen molar-refractivity contribution < 1.29 is 4.42 Å². The second-order valence-corrected chi connectivity index (χ2v) is 17.1. The average Bonchev–Trinajstić information content (AvgIpc) is 3.81. The number of aromatic nitrogens is 3. The molecule has 290 valence electrons. The molecule has 62 heavy (non-hydrogen) atoms. The standard InChI is InChI=1S/C58H37N3O/c1-58(2)48-17-9-8-15-43(48)46-32-47-51(33-49(46)58)62-50-18-10-16-44(54(47)50)57-60-55(40-28-19-35(20-29-40)34-11-4-3-5-12-34)59-56(61-57)41-30-23-37-22-25-39-27-26-38-24-21-36-13-6-7-14-42(36)52(38)53(39)45(37)31-41/h3-33H,1-2H3. The molecule has 0 spiro atoms. The number of rotatable bonds is 4. The van der Waals surface area contributed by atoms with Crippen LogP contribution in [0, 0.1) is 0 Å². The SMILES string of the molecule is CC1(C)c2ccccc2-c2cc3c(cc21)oc1cccc(-c2nc(-c4ccc(-c5ccccc5)cc4)nc(-c4ccc5ccc6ccc7ccc8ccccc8c7c6c5c4)n2)c13. The smallest absolute Gasteiger partial charge is 0.164 e. The Bertz CT molecular complexity index is 3820. The predicted octanol–water partition coefficient (Wildman–Crippen LogP) is 15.4. The van der Waals surface area contributed by atoms with E-state index in [0.29, 0.717) is 17.5 Å². The lowest BCUT2D eigenvalue weighted by atomic mass is 9.82. The highest BCUT2D eigenvalue weighted by Crippen LogP contribution is 2.51. The van der Waals surface area contributed by atoms with Crippen LogP contribution in [0.15, 0.2) is 192 Å². The van der Waals surface area contributed by atoms with Crippen molar-refractivity contribution >= 4 is 65.0 Å². The highest BCUT2D eigenvalue weighted by Gasteiger charge is 2.36. The fraction of sp³-hybridized carbons (Fsp3) is 0.0517. The Labute approximate surface area is 357 Å². The Morgan fingerprint density at radius 3 is 1.73 bits per heavy atom. The summed E-state index contributed by atoms with van der Waals surface area (Å²) in [6.45, 7) is 4.61. The summed E-state index contributed by atoms with van der Waals surface area (Å²) in [5, 5.41) is 11.8. The number of hydrogen-bond donors (Lipinski definition) is 0. The Morgan fingerprint density at radius 1 is 0.339 bits per heavy atom. The van der Waals surface area contributed by atoms with E-state index in [1.807, 2.05) is 12.1 Å². The number of nitrogens with zero attached hydrogens (tertiary/aromatic N) is 3. The Kier molecular flexibility index (Phi) is 7.32. The van der Waals surface area contributed by atoms with E-state index in [4.69, 9.17) is 19.4 Å². The predicted molar refractivity (Wildman–Crippen MR) is 256 cm³/mol. The molecule has 0 saturated heterocycles. The summed E-state index contributed by atoms with van der Waals surface area (Å²) in [7, 11) is 0. The van der Waals surface area contributed by atoms with Gasteiger partial charge in [0, 0.05) is 32.9 Å². The summed E-state index contributed by atoms with van der Waals surface area (Å²) in [4.78, 5) is 15.9. The lowest BCUT2D eigenvalue weighted by molar-refractivity contribution is 0.647. The summed E-state index contributed by atoms with van der Waals surface area (Å²) in [5.41, 5.74) is 11.7. The van der Waals surface area contributed by atoms with E-state index in [9.17, 15) is 0 Å². The third kappa shape index (κ3) is 5.17. The normalized spacial score (nSPS) is 13.1. The topological polar surface area (TPSA) is 51.8 Å². The minimum absolute atomic E-state index is 0.138. The van der Waals surface area contributed by atoms with Crippen LogP contribution >= 0.6 is 0 Å². The van der Waals surface area contributed by atoms with Crippen molar-refractivity contribution in [2.45, 2.75) is 19.3 Å². The van der Waals surface area contributed by atoms with Crippen LogP contribution in [-0.2, 0) is 5.41 Å². The molecule has 0 radical (unpaired) electrons. The van der Waals surface area contributed by atoms with Gasteiger partial charge in [-0.15, -0.1) is 0 Å². The van der Waals surface area contributed by atoms with Gasteiger partial charge in [0.15, 0.2) is 17.5 Å². The molecule has 0 unspecified atom stereocenters. The van der Waals surface area contributed by atoms with Crippen LogP contribution in [0.1, 0.15) is 25.0 Å². The van der Waals surface area contributed by atoms with Gasteiger partial charge in [-0.2, -0.15) is 0 Å². The Balaban J connectivity index is 1.05. The van der Waals surface area contributed by atoms with Crippen molar-refractivity contribution in [2.24, 2.45) is 0 Å². The highest BCUT2D eigenvalue weighted by molar-refractivity contribution is 6.27. The molecule has 1 aliphatic carbocycles. The first kappa shape index (κ1) is 34.9. The molecule has 0 fully saturated rings. The maximum atomic E-state index is 6.70. The molecule has 0 aliphatic heterocycles. The first-order valence-corrected chi connectivity index (χ1v) is 21.3. The molecule has 0 N–H and O–H groups in total. The molecule has 0 amide bonds. The van der Waals surface area contributed by atoms with E-state index in [-0.39, 0.29) is 5.41 Å². The van der Waals surface area contributed by atoms with E-state index >= 15 is 0 Å². The van der Waals surface area contributed by atoms with Crippen molar-refractivity contribution in [3.63, 3.8) is 0 Å². The molecule has 2 aromatic heterocycles. The van der Waals surface area contributed by atoms with Gasteiger partial charge < -0.3 is 4.42 Å². The van der Waals surface area contributed by atoms with E-state index in [2.05, 4.69) is 190 Å². The lowest BCUT2D eigenvalue weighted by Gasteiger charge is -2.21. The van der Waals surface area contributed by atoms with Crippen molar-refractivity contribution in [1.29, 1.82) is 0 Å². The maximum absolute atomic E-state index is 6.70. The molecule has 12 aromatic rings. The molecule has 10 aromatic carbocycles. The van der Waals surface area contributed by atoms with E-state index in [1.54, 1.807) is 0 Å². The molecular formula is C58H37N3O. The average molecular weight is 792 g/mol. The molecule has 0 saturated carbocycles. The minimum Gasteiger partial charge on any atom is -0.456 e. The molecule has 4 nitrogen and oxygen atoms in total. The number of fused-ring (bicyclic) bond motifs is 13. The van der Waals surface area contributed by atoms with Crippen molar-refractivity contribution in [3.05, 3.63) is 199 Å². The molecule has 2 heterocycles. The van der Waals surface area contributed by atoms with Crippen molar-refractivity contribution in [2.75, 3.05) is 0 Å². The van der Waals surface area contributed by atoms with Gasteiger partial charge >= 0.3 is 0 Å². The quantitative estimate of drug-likeness (QED) is 0.167. The first-order chi connectivity index (χ1) is 30.5. The van der Waals surface area contributed by atoms with Crippen LogP contribution in [0.3, 0.4) is 0 Å². The van der Waals surface area contributed by atoms with Crippen molar-refractivity contribution in [3.8, 4) is 56.4 Å². The molecular weight excluding hydrogens is 755 g/mol. The minimum atomic E-state index is -0.138. The third-order valence-electron chi connectivity index (χ3n) is 13.3. The summed E-state index contributed by atoms with van der Waals surface area (Å²) in [5.74, 6) is 1.82. The highest BCUT2D eigenvalue weighted by atomic mass is 16.3. The fourth-order valence-electron chi connectivity index (χ4n) is 10.2. The van der Waals surface area contributed by atoms with Gasteiger partial charge in [-0.3, -0.25) is 0 Å². The zero-order valence-electron chi connectivity index (χ0n) is 34.1. The second kappa shape index (κ2) is 13.0. The third-order valence-corrected chi connectivity index (χ3v) is 13.3. The summed E-state index contributed by atoms with van der Waals surface area (Å²) in [6.07, 6.45) is 0. The van der Waals surface area contributed by atoms with Crippen molar-refractivity contribution in [1.82, 2.24) is 15.0 Å². The largest absolute Gasteiger partial charge is 0.456 e. The molecule has 1 aliphatic rings. The van der Waals surface area contributed by atoms with Crippen LogP contribution in [0.2, 0.25) is 0 Å². The van der Waals surface area contributed by atoms with Gasteiger partial charge in [-0.25, -0.2) is 15.0 Å². The van der Waals surface area contributed by atoms with Gasteiger partial charge in [0.1, 0.15) is 11.2 Å². The maximum Gasteiger partial charge on any atom is 0.164 e.